The summed E-state index contributed by atoms with van der Waals surface area (Å²) in [6, 6.07) is 8.75. The Kier molecular flexibility index (Phi) is 4.69. The molecule has 1 aromatic carbocycles. The molecule has 0 spiro atoms. The third-order valence-corrected chi connectivity index (χ3v) is 6.13. The number of fused-ring (bicyclic) bond motifs is 1. The van der Waals surface area contributed by atoms with Gasteiger partial charge in [-0.05, 0) is 43.7 Å². The van der Waals surface area contributed by atoms with E-state index < -0.39 is 6.04 Å². The van der Waals surface area contributed by atoms with Gasteiger partial charge in [0.1, 0.15) is 11.9 Å². The van der Waals surface area contributed by atoms with Crippen molar-refractivity contribution in [2.75, 3.05) is 18.4 Å². The molecule has 8 heteroatoms. The third-order valence-electron chi connectivity index (χ3n) is 6.13. The lowest BCUT2D eigenvalue weighted by atomic mass is 10.1. The average molecular weight is 394 g/mol. The molecule has 3 amide bonds. The van der Waals surface area contributed by atoms with Gasteiger partial charge in [0.05, 0.1) is 6.54 Å². The largest absolute Gasteiger partial charge is 0.332 e. The predicted octanol–water partition coefficient (Wildman–Crippen LogP) is 2.27. The van der Waals surface area contributed by atoms with Crippen molar-refractivity contribution in [1.29, 1.82) is 0 Å². The molecule has 152 valence electrons. The molecule has 3 heterocycles. The number of benzene rings is 1. The van der Waals surface area contributed by atoms with Crippen LogP contribution in [0, 0.1) is 5.92 Å². The molecule has 1 saturated heterocycles. The monoisotopic (exact) mass is 394 g/mol. The zero-order valence-electron chi connectivity index (χ0n) is 16.5. The Labute approximate surface area is 169 Å². The first kappa shape index (κ1) is 18.1. The summed E-state index contributed by atoms with van der Waals surface area (Å²) in [5.74, 6) is 2.69. The minimum atomic E-state index is -0.404. The molecule has 2 aromatic rings. The Morgan fingerprint density at radius 2 is 1.86 bits per heavy atom. The molecule has 1 aliphatic carbocycles. The molecule has 1 saturated carbocycles. The Morgan fingerprint density at radius 3 is 2.66 bits per heavy atom. The summed E-state index contributed by atoms with van der Waals surface area (Å²) in [5, 5.41) is 11.6. The Bertz CT molecular complexity index is 907. The molecule has 0 radical (unpaired) electrons. The summed E-state index contributed by atoms with van der Waals surface area (Å²) in [5.41, 5.74) is 0.741. The van der Waals surface area contributed by atoms with Crippen molar-refractivity contribution < 1.29 is 9.59 Å². The number of hydrogen-bond acceptors (Lipinski definition) is 4. The van der Waals surface area contributed by atoms with E-state index in [4.69, 9.17) is 0 Å². The van der Waals surface area contributed by atoms with Crippen LogP contribution in [-0.2, 0) is 24.3 Å². The normalized spacial score (nSPS) is 21.2. The molecule has 3 aliphatic rings. The molecule has 0 bridgehead atoms. The van der Waals surface area contributed by atoms with Gasteiger partial charge in [-0.15, -0.1) is 10.2 Å². The van der Waals surface area contributed by atoms with Gasteiger partial charge in [-0.2, -0.15) is 0 Å². The van der Waals surface area contributed by atoms with Crippen LogP contribution in [0.4, 0.5) is 10.5 Å². The number of para-hydroxylation sites is 1. The summed E-state index contributed by atoms with van der Waals surface area (Å²) in [7, 11) is 0. The van der Waals surface area contributed by atoms with Crippen LogP contribution >= 0.6 is 0 Å². The number of rotatable bonds is 4. The van der Waals surface area contributed by atoms with Crippen LogP contribution in [0.15, 0.2) is 30.3 Å². The van der Waals surface area contributed by atoms with E-state index in [0.717, 1.165) is 42.6 Å². The first-order valence-corrected chi connectivity index (χ1v) is 10.5. The van der Waals surface area contributed by atoms with Gasteiger partial charge < -0.3 is 19.7 Å². The summed E-state index contributed by atoms with van der Waals surface area (Å²) in [6.45, 7) is 2.46. The Morgan fingerprint density at radius 1 is 1.03 bits per heavy atom. The quantitative estimate of drug-likeness (QED) is 0.862. The fraction of sp³-hybridized carbons (Fsp3) is 0.524. The second-order valence-corrected chi connectivity index (χ2v) is 8.24. The van der Waals surface area contributed by atoms with Gasteiger partial charge in [-0.25, -0.2) is 4.79 Å². The number of nitrogens with zero attached hydrogens (tertiary/aromatic N) is 5. The molecule has 2 aliphatic heterocycles. The Balaban J connectivity index is 1.25. The highest BCUT2D eigenvalue weighted by atomic mass is 16.2. The number of amides is 3. The van der Waals surface area contributed by atoms with Crippen LogP contribution in [0.2, 0.25) is 0 Å². The number of nitrogens with one attached hydrogen (secondary N) is 1. The fourth-order valence-corrected chi connectivity index (χ4v) is 4.33. The fourth-order valence-electron chi connectivity index (χ4n) is 4.33. The molecular formula is C21H26N6O2. The van der Waals surface area contributed by atoms with Crippen LogP contribution in [0.3, 0.4) is 0 Å². The molecule has 8 nitrogen and oxygen atoms in total. The van der Waals surface area contributed by atoms with E-state index >= 15 is 0 Å². The van der Waals surface area contributed by atoms with E-state index in [1.807, 2.05) is 35.2 Å². The summed E-state index contributed by atoms with van der Waals surface area (Å²) >= 11 is 0. The van der Waals surface area contributed by atoms with E-state index in [1.54, 1.807) is 4.90 Å². The molecule has 1 N–H and O–H groups in total. The van der Waals surface area contributed by atoms with Crippen molar-refractivity contribution in [3.63, 3.8) is 0 Å². The molecule has 29 heavy (non-hydrogen) atoms. The van der Waals surface area contributed by atoms with Crippen molar-refractivity contribution in [3.05, 3.63) is 42.0 Å². The van der Waals surface area contributed by atoms with Crippen molar-refractivity contribution in [2.45, 2.75) is 51.2 Å². The van der Waals surface area contributed by atoms with Crippen LogP contribution < -0.4 is 5.32 Å². The minimum absolute atomic E-state index is 0.0173. The number of anilines is 1. The van der Waals surface area contributed by atoms with E-state index in [9.17, 15) is 9.59 Å². The lowest BCUT2D eigenvalue weighted by Crippen LogP contribution is -2.50. The zero-order chi connectivity index (χ0) is 19.8. The maximum absolute atomic E-state index is 13.2. The van der Waals surface area contributed by atoms with Gasteiger partial charge in [0.25, 0.3) is 0 Å². The zero-order valence-corrected chi connectivity index (χ0v) is 16.5. The van der Waals surface area contributed by atoms with Gasteiger partial charge in [0.2, 0.25) is 5.91 Å². The third kappa shape index (κ3) is 3.71. The molecule has 5 rings (SSSR count). The summed E-state index contributed by atoms with van der Waals surface area (Å²) in [6.07, 6.45) is 5.12. The van der Waals surface area contributed by atoms with Crippen molar-refractivity contribution in [2.24, 2.45) is 5.92 Å². The van der Waals surface area contributed by atoms with Gasteiger partial charge in [-0.1, -0.05) is 18.2 Å². The molecular weight excluding hydrogens is 368 g/mol. The number of aromatic nitrogens is 3. The van der Waals surface area contributed by atoms with E-state index in [-0.39, 0.29) is 11.9 Å². The van der Waals surface area contributed by atoms with Crippen LogP contribution in [-0.4, -0.2) is 55.6 Å². The maximum atomic E-state index is 13.2. The van der Waals surface area contributed by atoms with Gasteiger partial charge >= 0.3 is 6.03 Å². The summed E-state index contributed by atoms with van der Waals surface area (Å²) in [4.78, 5) is 29.5. The topological polar surface area (TPSA) is 83.4 Å². The van der Waals surface area contributed by atoms with Crippen LogP contribution in [0.1, 0.15) is 37.3 Å². The van der Waals surface area contributed by atoms with E-state index in [0.29, 0.717) is 26.1 Å². The predicted molar refractivity (Wildman–Crippen MR) is 107 cm³/mol. The minimum Gasteiger partial charge on any atom is -0.332 e. The van der Waals surface area contributed by atoms with Crippen molar-refractivity contribution in [3.8, 4) is 0 Å². The maximum Gasteiger partial charge on any atom is 0.322 e. The first-order valence-electron chi connectivity index (χ1n) is 10.5. The molecule has 1 atom stereocenters. The van der Waals surface area contributed by atoms with Gasteiger partial charge in [-0.3, -0.25) is 4.79 Å². The molecule has 2 fully saturated rings. The van der Waals surface area contributed by atoms with E-state index in [2.05, 4.69) is 20.1 Å². The average Bonchev–Trinajstić information content (AvgIpc) is 3.26. The number of carbonyl (C=O) groups is 2. The highest BCUT2D eigenvalue weighted by molar-refractivity contribution is 5.94. The van der Waals surface area contributed by atoms with Crippen molar-refractivity contribution >= 4 is 17.6 Å². The summed E-state index contributed by atoms with van der Waals surface area (Å²) < 4.78 is 2.18. The van der Waals surface area contributed by atoms with Crippen molar-refractivity contribution in [1.82, 2.24) is 24.6 Å². The standard InChI is InChI=1S/C21H26N6O2/c28-20(17-7-4-10-26(17)21(29)22-16-5-2-1-3-6-16)25-11-12-27-18(13-15-8-9-15)23-24-19(27)14-25/h1-3,5-6,15,17H,4,7-14H2,(H,22,29)/t17-/m0/s1. The Hall–Kier alpha value is -2.90. The van der Waals surface area contributed by atoms with Gasteiger partial charge in [0, 0.05) is 31.7 Å². The first-order chi connectivity index (χ1) is 14.2. The second-order valence-electron chi connectivity index (χ2n) is 8.24. The molecule has 1 aromatic heterocycles. The number of likely N-dealkylation sites (tertiary alicyclic amines) is 1. The number of carbonyl (C=O) groups excluding carboxylic acids is 2. The lowest BCUT2D eigenvalue weighted by Gasteiger charge is -2.33. The SMILES string of the molecule is O=C([C@@H]1CCCN1C(=O)Nc1ccccc1)N1CCn2c(CC3CC3)nnc2C1. The van der Waals surface area contributed by atoms with Gasteiger partial charge in [0.15, 0.2) is 5.82 Å². The number of hydrogen-bond donors (Lipinski definition) is 1. The lowest BCUT2D eigenvalue weighted by molar-refractivity contribution is -0.136. The smallest absolute Gasteiger partial charge is 0.322 e. The highest BCUT2D eigenvalue weighted by Crippen LogP contribution is 2.32. The number of urea groups is 1. The highest BCUT2D eigenvalue weighted by Gasteiger charge is 2.38. The van der Waals surface area contributed by atoms with Crippen LogP contribution in [0.25, 0.3) is 0 Å². The van der Waals surface area contributed by atoms with E-state index in [1.165, 1.54) is 12.8 Å². The second kappa shape index (κ2) is 7.50. The van der Waals surface area contributed by atoms with Crippen LogP contribution in [0.5, 0.6) is 0 Å². The molecule has 0 unspecified atom stereocenters.